The molecule has 4 nitrogen and oxygen atoms in total. The summed E-state index contributed by atoms with van der Waals surface area (Å²) in [6, 6.07) is 18.5. The summed E-state index contributed by atoms with van der Waals surface area (Å²) in [6.45, 7) is 6.40. The van der Waals surface area contributed by atoms with Gasteiger partial charge in [-0.1, -0.05) is 75.1 Å². The van der Waals surface area contributed by atoms with Gasteiger partial charge in [0.1, 0.15) is 5.75 Å². The second-order valence-electron chi connectivity index (χ2n) is 8.34. The topological polar surface area (TPSA) is 41.9 Å². The van der Waals surface area contributed by atoms with E-state index in [0.717, 1.165) is 63.4 Å². The Kier molecular flexibility index (Phi) is 10.8. The summed E-state index contributed by atoms with van der Waals surface area (Å²) in [5.41, 5.74) is 1.24. The minimum absolute atomic E-state index is 0. The number of morpholine rings is 1. The fourth-order valence-corrected chi connectivity index (χ4v) is 4.48. The van der Waals surface area contributed by atoms with Crippen molar-refractivity contribution in [1.82, 2.24) is 4.90 Å². The number of hydrogen-bond acceptors (Lipinski definition) is 4. The molecule has 2 aromatic carbocycles. The molecule has 31 heavy (non-hydrogen) atoms. The summed E-state index contributed by atoms with van der Waals surface area (Å²) < 4.78 is 10.9. The summed E-state index contributed by atoms with van der Waals surface area (Å²) in [5.74, 6) is 0.809. The molecule has 0 amide bonds. The molecular weight excluding hydrogens is 410 g/mol. The fourth-order valence-electron chi connectivity index (χ4n) is 4.48. The Hall–Kier alpha value is -1.59. The minimum Gasteiger partial charge on any atom is -0.497 e. The van der Waals surface area contributed by atoms with Gasteiger partial charge in [-0.2, -0.15) is 0 Å². The average Bonchev–Trinajstić information content (AvgIpc) is 2.81. The van der Waals surface area contributed by atoms with Crippen molar-refractivity contribution < 1.29 is 14.6 Å². The van der Waals surface area contributed by atoms with Gasteiger partial charge in [0.15, 0.2) is 0 Å². The van der Waals surface area contributed by atoms with Gasteiger partial charge in [-0.3, -0.25) is 4.90 Å². The molecule has 0 bridgehead atoms. The lowest BCUT2D eigenvalue weighted by atomic mass is 9.74. The number of unbranched alkanes of at least 4 members (excludes halogenated alkanes) is 3. The third kappa shape index (κ3) is 6.95. The Morgan fingerprint density at radius 1 is 1.00 bits per heavy atom. The van der Waals surface area contributed by atoms with Crippen LogP contribution in [0.15, 0.2) is 54.6 Å². The van der Waals surface area contributed by atoms with Crippen LogP contribution < -0.4 is 4.74 Å². The Labute approximate surface area is 194 Å². The SMILES string of the molecule is CCCCCCC(O)(c1ccc(OC)cc1)C(CN1CCOCC1)c1ccccc1.Cl. The van der Waals surface area contributed by atoms with Crippen molar-refractivity contribution >= 4 is 12.4 Å². The molecule has 1 heterocycles. The summed E-state index contributed by atoms with van der Waals surface area (Å²) in [7, 11) is 1.68. The van der Waals surface area contributed by atoms with E-state index in [9.17, 15) is 5.11 Å². The van der Waals surface area contributed by atoms with Gasteiger partial charge in [-0.05, 0) is 29.7 Å². The van der Waals surface area contributed by atoms with Crippen molar-refractivity contribution in [2.75, 3.05) is 40.0 Å². The molecule has 5 heteroatoms. The Morgan fingerprint density at radius 3 is 2.29 bits per heavy atom. The molecule has 2 unspecified atom stereocenters. The van der Waals surface area contributed by atoms with Crippen molar-refractivity contribution in [2.45, 2.75) is 50.5 Å². The van der Waals surface area contributed by atoms with Crippen LogP contribution in [0, 0.1) is 0 Å². The van der Waals surface area contributed by atoms with Gasteiger partial charge in [-0.15, -0.1) is 12.4 Å². The average molecular weight is 448 g/mol. The number of ether oxygens (including phenoxy) is 2. The molecule has 0 saturated carbocycles. The lowest BCUT2D eigenvalue weighted by Gasteiger charge is -2.41. The van der Waals surface area contributed by atoms with Gasteiger partial charge in [0.25, 0.3) is 0 Å². The predicted molar refractivity (Wildman–Crippen MR) is 129 cm³/mol. The quantitative estimate of drug-likeness (QED) is 0.469. The molecule has 1 fully saturated rings. The molecule has 1 aliphatic rings. The standard InChI is InChI=1S/C26H37NO3.ClH/c1-3-4-5-9-16-26(28,23-12-14-24(29-2)15-13-23)25(22-10-7-6-8-11-22)21-27-17-19-30-20-18-27;/h6-8,10-15,25,28H,3-5,9,16-21H2,1-2H3;1H. The van der Waals surface area contributed by atoms with Crippen molar-refractivity contribution in [3.05, 3.63) is 65.7 Å². The molecule has 1 aliphatic heterocycles. The third-order valence-electron chi connectivity index (χ3n) is 6.32. The van der Waals surface area contributed by atoms with Gasteiger partial charge in [0.2, 0.25) is 0 Å². The zero-order valence-electron chi connectivity index (χ0n) is 19.0. The summed E-state index contributed by atoms with van der Waals surface area (Å²) in [4.78, 5) is 2.43. The van der Waals surface area contributed by atoms with Crippen molar-refractivity contribution in [2.24, 2.45) is 0 Å². The lowest BCUT2D eigenvalue weighted by Crippen LogP contribution is -2.45. The van der Waals surface area contributed by atoms with Gasteiger partial charge in [-0.25, -0.2) is 0 Å². The number of halogens is 1. The first-order valence-corrected chi connectivity index (χ1v) is 11.4. The van der Waals surface area contributed by atoms with Crippen LogP contribution in [0.3, 0.4) is 0 Å². The van der Waals surface area contributed by atoms with Gasteiger partial charge in [0.05, 0.1) is 25.9 Å². The van der Waals surface area contributed by atoms with Crippen molar-refractivity contribution in [1.29, 1.82) is 0 Å². The number of methoxy groups -OCH3 is 1. The van der Waals surface area contributed by atoms with Gasteiger partial charge >= 0.3 is 0 Å². The zero-order chi connectivity index (χ0) is 21.2. The summed E-state index contributed by atoms with van der Waals surface area (Å²) in [6.07, 6.45) is 5.31. The largest absolute Gasteiger partial charge is 0.497 e. The minimum atomic E-state index is -0.931. The highest BCUT2D eigenvalue weighted by Gasteiger charge is 2.40. The summed E-state index contributed by atoms with van der Waals surface area (Å²) >= 11 is 0. The first-order valence-electron chi connectivity index (χ1n) is 11.4. The van der Waals surface area contributed by atoms with E-state index in [1.54, 1.807) is 7.11 Å². The van der Waals surface area contributed by atoms with E-state index in [0.29, 0.717) is 0 Å². The smallest absolute Gasteiger partial charge is 0.118 e. The van der Waals surface area contributed by atoms with Crippen LogP contribution in [-0.2, 0) is 10.3 Å². The monoisotopic (exact) mass is 447 g/mol. The highest BCUT2D eigenvalue weighted by Crippen LogP contribution is 2.42. The highest BCUT2D eigenvalue weighted by atomic mass is 35.5. The molecule has 2 aromatic rings. The van der Waals surface area contributed by atoms with E-state index < -0.39 is 5.60 Å². The predicted octanol–water partition coefficient (Wildman–Crippen LogP) is 5.39. The van der Waals surface area contributed by atoms with Gasteiger partial charge in [0, 0.05) is 25.6 Å². The second-order valence-corrected chi connectivity index (χ2v) is 8.34. The van der Waals surface area contributed by atoms with Crippen LogP contribution in [0.5, 0.6) is 5.75 Å². The molecule has 0 aliphatic carbocycles. The maximum atomic E-state index is 12.3. The van der Waals surface area contributed by atoms with E-state index >= 15 is 0 Å². The first kappa shape index (κ1) is 25.7. The highest BCUT2D eigenvalue weighted by molar-refractivity contribution is 5.85. The molecule has 0 radical (unpaired) electrons. The first-order chi connectivity index (χ1) is 14.7. The maximum Gasteiger partial charge on any atom is 0.118 e. The zero-order valence-corrected chi connectivity index (χ0v) is 19.8. The van der Waals surface area contributed by atoms with Crippen molar-refractivity contribution in [3.8, 4) is 5.75 Å². The van der Waals surface area contributed by atoms with Crippen LogP contribution in [0.2, 0.25) is 0 Å². The van der Waals surface area contributed by atoms with E-state index in [2.05, 4.69) is 36.1 Å². The number of hydrogen-bond donors (Lipinski definition) is 1. The maximum absolute atomic E-state index is 12.3. The number of rotatable bonds is 11. The number of aliphatic hydroxyl groups is 1. The normalized spacial score (nSPS) is 17.4. The fraction of sp³-hybridized carbons (Fsp3) is 0.538. The Morgan fingerprint density at radius 2 is 1.68 bits per heavy atom. The molecule has 172 valence electrons. The molecular formula is C26H38ClNO3. The van der Waals surface area contributed by atoms with E-state index in [4.69, 9.17) is 9.47 Å². The van der Waals surface area contributed by atoms with E-state index in [-0.39, 0.29) is 18.3 Å². The number of nitrogens with zero attached hydrogens (tertiary/aromatic N) is 1. The third-order valence-corrected chi connectivity index (χ3v) is 6.32. The molecule has 3 rings (SSSR count). The molecule has 2 atom stereocenters. The summed E-state index contributed by atoms with van der Waals surface area (Å²) in [5, 5.41) is 12.3. The second kappa shape index (κ2) is 13.1. The van der Waals surface area contributed by atoms with Crippen molar-refractivity contribution in [3.63, 3.8) is 0 Å². The molecule has 1 N–H and O–H groups in total. The van der Waals surface area contributed by atoms with Gasteiger partial charge < -0.3 is 14.6 Å². The van der Waals surface area contributed by atoms with Crippen LogP contribution in [-0.4, -0.2) is 50.0 Å². The number of benzene rings is 2. The molecule has 1 saturated heterocycles. The Balaban J connectivity index is 0.00000341. The van der Waals surface area contributed by atoms with Crippen LogP contribution in [0.4, 0.5) is 0 Å². The van der Waals surface area contributed by atoms with Crippen LogP contribution in [0.25, 0.3) is 0 Å². The van der Waals surface area contributed by atoms with Crippen LogP contribution in [0.1, 0.15) is 56.1 Å². The van der Waals surface area contributed by atoms with E-state index in [1.165, 1.54) is 18.4 Å². The van der Waals surface area contributed by atoms with Crippen LogP contribution >= 0.6 is 12.4 Å². The molecule has 0 spiro atoms. The lowest BCUT2D eigenvalue weighted by molar-refractivity contribution is -0.0296. The van der Waals surface area contributed by atoms with E-state index in [1.807, 2.05) is 30.3 Å². The molecule has 0 aromatic heterocycles. The Bertz CT molecular complexity index is 734.